The highest BCUT2D eigenvalue weighted by Crippen LogP contribution is 2.23. The molecule has 0 saturated carbocycles. The first kappa shape index (κ1) is 20.9. The minimum atomic E-state index is -1.17. The maximum absolute atomic E-state index is 12.5. The van der Waals surface area contributed by atoms with Gasteiger partial charge in [0.1, 0.15) is 11.5 Å². The molecule has 1 saturated heterocycles. The molecule has 2 atom stereocenters. The van der Waals surface area contributed by atoms with E-state index in [2.05, 4.69) is 20.3 Å². The number of methoxy groups -OCH3 is 2. The number of aromatic carboxylic acids is 1. The maximum atomic E-state index is 12.5. The summed E-state index contributed by atoms with van der Waals surface area (Å²) in [5.41, 5.74) is 0.952. The number of rotatable bonds is 6. The minimum absolute atomic E-state index is 0.0247. The van der Waals surface area contributed by atoms with Crippen molar-refractivity contribution in [2.24, 2.45) is 0 Å². The average molecular weight is 424 g/mol. The van der Waals surface area contributed by atoms with E-state index in [0.29, 0.717) is 36.0 Å². The molecule has 0 unspecified atom stereocenters. The number of aryl methyl sites for hydroxylation is 1. The molecule has 2 aromatic heterocycles. The van der Waals surface area contributed by atoms with E-state index in [-0.39, 0.29) is 29.8 Å². The number of anilines is 1. The van der Waals surface area contributed by atoms with Crippen molar-refractivity contribution in [3.05, 3.63) is 34.2 Å². The van der Waals surface area contributed by atoms with Crippen molar-refractivity contribution in [2.75, 3.05) is 32.2 Å². The molecule has 2 aromatic rings. The van der Waals surface area contributed by atoms with Gasteiger partial charge < -0.3 is 29.8 Å². The van der Waals surface area contributed by atoms with Crippen molar-refractivity contribution in [1.29, 1.82) is 0 Å². The van der Waals surface area contributed by atoms with E-state index in [1.807, 2.05) is 4.90 Å². The molecule has 156 valence electrons. The number of hydrogen-bond donors (Lipinski definition) is 3. The zero-order valence-electron chi connectivity index (χ0n) is 16.2. The fraction of sp³-hybridized carbons (Fsp3) is 0.444. The molecule has 0 bridgehead atoms. The molecule has 0 spiro atoms. The van der Waals surface area contributed by atoms with Crippen LogP contribution in [0.2, 0.25) is 5.02 Å². The topological polar surface area (TPSA) is 130 Å². The van der Waals surface area contributed by atoms with Gasteiger partial charge in [-0.15, -0.1) is 0 Å². The molecule has 3 N–H and O–H groups in total. The number of amides is 1. The first-order valence-corrected chi connectivity index (χ1v) is 9.30. The van der Waals surface area contributed by atoms with Crippen LogP contribution in [0.5, 0.6) is 6.01 Å². The smallest absolute Gasteiger partial charge is 0.354 e. The second-order valence-corrected chi connectivity index (χ2v) is 7.06. The Hall–Kier alpha value is -2.85. The molecular formula is C18H22ClN5O5. The molecule has 3 rings (SSSR count). The fourth-order valence-electron chi connectivity index (χ4n) is 3.21. The Bertz CT molecular complexity index is 899. The van der Waals surface area contributed by atoms with Crippen LogP contribution in [-0.2, 0) is 4.74 Å². The summed E-state index contributed by atoms with van der Waals surface area (Å²) >= 11 is 6.01. The number of carbonyl (C=O) groups excluding carboxylic acids is 1. The number of hydrogen-bond acceptors (Lipinski definition) is 7. The van der Waals surface area contributed by atoms with E-state index in [1.54, 1.807) is 20.1 Å². The lowest BCUT2D eigenvalue weighted by Gasteiger charge is -2.38. The number of halogens is 1. The Morgan fingerprint density at radius 3 is 2.69 bits per heavy atom. The van der Waals surface area contributed by atoms with Crippen molar-refractivity contribution in [3.8, 4) is 6.01 Å². The summed E-state index contributed by atoms with van der Waals surface area (Å²) in [6.07, 6.45) is 0.250. The summed E-state index contributed by atoms with van der Waals surface area (Å²) in [7, 11) is 2.94. The predicted molar refractivity (Wildman–Crippen MR) is 105 cm³/mol. The quantitative estimate of drug-likeness (QED) is 0.637. The summed E-state index contributed by atoms with van der Waals surface area (Å²) in [5, 5.41) is 12.7. The van der Waals surface area contributed by atoms with Crippen molar-refractivity contribution >= 4 is 29.3 Å². The van der Waals surface area contributed by atoms with Gasteiger partial charge in [-0.05, 0) is 19.4 Å². The molecule has 0 aliphatic carbocycles. The molecule has 1 fully saturated rings. The number of aromatic amines is 1. The Labute approximate surface area is 172 Å². The molecule has 0 radical (unpaired) electrons. The van der Waals surface area contributed by atoms with E-state index >= 15 is 0 Å². The number of H-pyrrole nitrogens is 1. The van der Waals surface area contributed by atoms with Crippen LogP contribution in [0.4, 0.5) is 5.82 Å². The average Bonchev–Trinajstić information content (AvgIpc) is 3.06. The zero-order chi connectivity index (χ0) is 21.1. The van der Waals surface area contributed by atoms with Crippen molar-refractivity contribution in [3.63, 3.8) is 0 Å². The number of aromatic nitrogens is 3. The lowest BCUT2D eigenvalue weighted by molar-refractivity contribution is 0.0538. The number of piperidine rings is 1. The summed E-state index contributed by atoms with van der Waals surface area (Å²) in [6.45, 7) is 2.73. The summed E-state index contributed by atoms with van der Waals surface area (Å²) in [4.78, 5) is 36.7. The van der Waals surface area contributed by atoms with E-state index < -0.39 is 5.97 Å². The Kier molecular flexibility index (Phi) is 6.23. The highest BCUT2D eigenvalue weighted by atomic mass is 35.5. The van der Waals surface area contributed by atoms with Crippen LogP contribution in [0.15, 0.2) is 12.1 Å². The Morgan fingerprint density at radius 2 is 2.10 bits per heavy atom. The molecule has 3 heterocycles. The number of carboxylic acids is 1. The van der Waals surface area contributed by atoms with Gasteiger partial charge in [-0.1, -0.05) is 11.6 Å². The van der Waals surface area contributed by atoms with Gasteiger partial charge in [0, 0.05) is 32.0 Å². The van der Waals surface area contributed by atoms with E-state index in [4.69, 9.17) is 21.1 Å². The van der Waals surface area contributed by atoms with Crippen molar-refractivity contribution in [2.45, 2.75) is 25.5 Å². The normalized spacial score (nSPS) is 19.1. The second kappa shape index (κ2) is 8.66. The Morgan fingerprint density at radius 1 is 1.34 bits per heavy atom. The van der Waals surface area contributed by atoms with Crippen LogP contribution in [0.25, 0.3) is 0 Å². The summed E-state index contributed by atoms with van der Waals surface area (Å²) < 4.78 is 10.6. The first-order valence-electron chi connectivity index (χ1n) is 8.92. The zero-order valence-corrected chi connectivity index (χ0v) is 17.0. The van der Waals surface area contributed by atoms with Crippen molar-refractivity contribution in [1.82, 2.24) is 20.3 Å². The van der Waals surface area contributed by atoms with Gasteiger partial charge in [0.05, 0.1) is 24.3 Å². The second-order valence-electron chi connectivity index (χ2n) is 6.65. The molecule has 10 nitrogen and oxygen atoms in total. The number of carbonyl (C=O) groups is 2. The third kappa shape index (κ3) is 4.60. The number of ether oxygens (including phenoxy) is 2. The van der Waals surface area contributed by atoms with Crippen LogP contribution in [-0.4, -0.2) is 71.4 Å². The minimum Gasteiger partial charge on any atom is -0.477 e. The van der Waals surface area contributed by atoms with Gasteiger partial charge in [-0.25, -0.2) is 4.79 Å². The number of nitrogens with one attached hydrogen (secondary N) is 2. The lowest BCUT2D eigenvalue weighted by atomic mass is 10.0. The van der Waals surface area contributed by atoms with Gasteiger partial charge in [0.25, 0.3) is 5.91 Å². The molecule has 1 aliphatic rings. The van der Waals surface area contributed by atoms with Gasteiger partial charge in [0.2, 0.25) is 0 Å². The highest BCUT2D eigenvalue weighted by molar-refractivity contribution is 6.31. The molecule has 29 heavy (non-hydrogen) atoms. The predicted octanol–water partition coefficient (Wildman–Crippen LogP) is 1.50. The Balaban J connectivity index is 1.73. The third-order valence-corrected chi connectivity index (χ3v) is 5.18. The molecule has 1 aliphatic heterocycles. The van der Waals surface area contributed by atoms with Crippen molar-refractivity contribution < 1.29 is 24.2 Å². The largest absolute Gasteiger partial charge is 0.477 e. The highest BCUT2D eigenvalue weighted by Gasteiger charge is 2.32. The maximum Gasteiger partial charge on any atom is 0.354 e. The molecule has 1 amide bonds. The van der Waals surface area contributed by atoms with Gasteiger partial charge >= 0.3 is 12.0 Å². The van der Waals surface area contributed by atoms with E-state index in [0.717, 1.165) is 5.69 Å². The van der Waals surface area contributed by atoms with E-state index in [1.165, 1.54) is 13.2 Å². The monoisotopic (exact) mass is 423 g/mol. The number of nitrogens with zero attached hydrogens (tertiary/aromatic N) is 3. The van der Waals surface area contributed by atoms with E-state index in [9.17, 15) is 14.7 Å². The van der Waals surface area contributed by atoms with Crippen LogP contribution < -0.4 is 15.0 Å². The number of carboxylic acid groups (broad SMARTS) is 1. The van der Waals surface area contributed by atoms with Gasteiger partial charge in [0.15, 0.2) is 5.69 Å². The summed E-state index contributed by atoms with van der Waals surface area (Å²) in [5.74, 6) is -1.01. The van der Waals surface area contributed by atoms with Crippen LogP contribution in [0.1, 0.15) is 33.1 Å². The SMILES string of the molecule is COc1nc(C(=O)O)cc(N2CC[C@@H](NC(=O)c3cc(Cl)c(C)[nH]3)[C@@H](OC)C2)n1. The molecular weight excluding hydrogens is 402 g/mol. The molecule has 0 aromatic carbocycles. The fourth-order valence-corrected chi connectivity index (χ4v) is 3.36. The molecule has 11 heteroatoms. The summed E-state index contributed by atoms with van der Waals surface area (Å²) in [6, 6.07) is 2.72. The van der Waals surface area contributed by atoms with Crippen LogP contribution >= 0.6 is 11.6 Å². The van der Waals surface area contributed by atoms with Crippen LogP contribution in [0, 0.1) is 6.92 Å². The van der Waals surface area contributed by atoms with Crippen LogP contribution in [0.3, 0.4) is 0 Å². The third-order valence-electron chi connectivity index (χ3n) is 4.79. The standard InChI is InChI=1S/C18H22ClN5O5/c1-9-10(19)6-12(20-9)16(25)21-11-4-5-24(8-14(11)28-2)15-7-13(17(26)27)22-18(23-15)29-3/h6-7,11,14,20H,4-5,8H2,1-3H3,(H,21,25)(H,26,27)/t11-,14+/m1/s1. The lowest BCUT2D eigenvalue weighted by Crippen LogP contribution is -2.55. The van der Waals surface area contributed by atoms with Gasteiger partial charge in [-0.3, -0.25) is 4.79 Å². The van der Waals surface area contributed by atoms with Gasteiger partial charge in [-0.2, -0.15) is 9.97 Å². The first-order chi connectivity index (χ1) is 13.8.